The molecule has 0 fully saturated rings. The second-order valence-electron chi connectivity index (χ2n) is 12.7. The van der Waals surface area contributed by atoms with E-state index in [0.29, 0.717) is 12.0 Å². The molecule has 2 heterocycles. The molecule has 0 amide bonds. The average Bonchev–Trinajstić information content (AvgIpc) is 3.48. The van der Waals surface area contributed by atoms with Crippen molar-refractivity contribution in [2.45, 2.75) is 12.0 Å². The highest BCUT2D eigenvalue weighted by Gasteiger charge is 2.36. The molecule has 0 saturated carbocycles. The van der Waals surface area contributed by atoms with Crippen LogP contribution >= 0.6 is 0 Å². The molecule has 0 N–H and O–H groups in total. The predicted molar refractivity (Wildman–Crippen MR) is 198 cm³/mol. The maximum atomic E-state index is 4.21. The highest BCUT2D eigenvalue weighted by Crippen LogP contribution is 2.48. The monoisotopic (exact) mass is 598 g/mol. The summed E-state index contributed by atoms with van der Waals surface area (Å²) in [5, 5.41) is 7.81. The van der Waals surface area contributed by atoms with Crippen molar-refractivity contribution in [3.05, 3.63) is 176 Å². The van der Waals surface area contributed by atoms with E-state index in [0.717, 1.165) is 0 Å². The minimum Gasteiger partial charge on any atom is -0.333 e. The zero-order valence-corrected chi connectivity index (χ0v) is 25.7. The van der Waals surface area contributed by atoms with Gasteiger partial charge in [0.2, 0.25) is 0 Å². The van der Waals surface area contributed by atoms with Crippen molar-refractivity contribution in [2.24, 2.45) is 0 Å². The number of rotatable bonds is 4. The standard InChI is InChI=1S/C45H30N2/c1-3-10-42-38(8-1)39-9-2-4-11-43(39)47(42)35-18-12-30(13-19-35)36-20-14-31-17-23-41-37(21-15-32-16-22-40(36)44(31)45(32)41)34-7-5-6-33(28-34)29-24-26-46-27-25-29/h1-28,38,42H. The molecule has 2 heteroatoms. The van der Waals surface area contributed by atoms with Gasteiger partial charge in [-0.1, -0.05) is 121 Å². The summed E-state index contributed by atoms with van der Waals surface area (Å²) in [5.74, 6) is 0.386. The average molecular weight is 599 g/mol. The Balaban J connectivity index is 1.09. The van der Waals surface area contributed by atoms with Crippen molar-refractivity contribution in [3.63, 3.8) is 0 Å². The number of allylic oxidation sites excluding steroid dienone is 2. The second-order valence-corrected chi connectivity index (χ2v) is 12.7. The van der Waals surface area contributed by atoms with Crippen LogP contribution in [0.4, 0.5) is 11.4 Å². The molecule has 2 aliphatic rings. The summed E-state index contributed by atoms with van der Waals surface area (Å²) in [7, 11) is 0. The van der Waals surface area contributed by atoms with E-state index in [1.54, 1.807) is 0 Å². The zero-order valence-electron chi connectivity index (χ0n) is 25.7. The molecule has 47 heavy (non-hydrogen) atoms. The van der Waals surface area contributed by atoms with Crippen LogP contribution in [0, 0.1) is 0 Å². The lowest BCUT2D eigenvalue weighted by molar-refractivity contribution is 0.745. The first-order valence-corrected chi connectivity index (χ1v) is 16.4. The molecule has 1 aromatic heterocycles. The third-order valence-electron chi connectivity index (χ3n) is 10.3. The van der Waals surface area contributed by atoms with Gasteiger partial charge in [-0.3, -0.25) is 4.98 Å². The third-order valence-corrected chi connectivity index (χ3v) is 10.3. The lowest BCUT2D eigenvalue weighted by atomic mass is 9.87. The Bertz CT molecular complexity index is 2520. The number of fused-ring (bicyclic) bond motifs is 3. The van der Waals surface area contributed by atoms with Gasteiger partial charge in [0.25, 0.3) is 0 Å². The van der Waals surface area contributed by atoms with E-state index in [2.05, 4.69) is 168 Å². The maximum Gasteiger partial charge on any atom is 0.0629 e. The quantitative estimate of drug-likeness (QED) is 0.187. The molecule has 0 saturated heterocycles. The summed E-state index contributed by atoms with van der Waals surface area (Å²) >= 11 is 0. The third kappa shape index (κ3) is 4.01. The summed E-state index contributed by atoms with van der Waals surface area (Å²) in [6.45, 7) is 0. The molecule has 2 atom stereocenters. The van der Waals surface area contributed by atoms with Gasteiger partial charge < -0.3 is 4.90 Å². The number of hydrogen-bond acceptors (Lipinski definition) is 2. The van der Waals surface area contributed by atoms with Crippen molar-refractivity contribution in [1.82, 2.24) is 4.98 Å². The molecule has 1 aliphatic heterocycles. The van der Waals surface area contributed by atoms with Gasteiger partial charge in [-0.05, 0) is 108 Å². The molecular weight excluding hydrogens is 569 g/mol. The Morgan fingerprint density at radius 1 is 0.489 bits per heavy atom. The fraction of sp³-hybridized carbons (Fsp3) is 0.0444. The van der Waals surface area contributed by atoms with Crippen molar-refractivity contribution in [2.75, 3.05) is 4.90 Å². The second kappa shape index (κ2) is 10.3. The van der Waals surface area contributed by atoms with Crippen LogP contribution in [0.15, 0.2) is 170 Å². The lowest BCUT2D eigenvalue weighted by Gasteiger charge is -2.28. The van der Waals surface area contributed by atoms with Crippen LogP contribution in [0.2, 0.25) is 0 Å². The summed E-state index contributed by atoms with van der Waals surface area (Å²) in [4.78, 5) is 6.71. The molecule has 8 aromatic rings. The largest absolute Gasteiger partial charge is 0.333 e. The molecule has 10 rings (SSSR count). The zero-order chi connectivity index (χ0) is 30.9. The molecular formula is C45H30N2. The maximum absolute atomic E-state index is 4.21. The van der Waals surface area contributed by atoms with E-state index in [-0.39, 0.29) is 0 Å². The smallest absolute Gasteiger partial charge is 0.0629 e. The van der Waals surface area contributed by atoms with Gasteiger partial charge in [-0.25, -0.2) is 0 Å². The summed E-state index contributed by atoms with van der Waals surface area (Å²) in [5.41, 5.74) is 11.3. The first-order valence-electron chi connectivity index (χ1n) is 16.4. The van der Waals surface area contributed by atoms with E-state index in [1.807, 2.05) is 12.4 Å². The van der Waals surface area contributed by atoms with Crippen LogP contribution in [-0.4, -0.2) is 11.0 Å². The van der Waals surface area contributed by atoms with Crippen LogP contribution in [0.3, 0.4) is 0 Å². The number of para-hydroxylation sites is 1. The summed E-state index contributed by atoms with van der Waals surface area (Å²) < 4.78 is 0. The number of pyridine rings is 1. The number of benzene rings is 7. The highest BCUT2D eigenvalue weighted by atomic mass is 15.2. The van der Waals surface area contributed by atoms with Crippen molar-refractivity contribution < 1.29 is 0 Å². The molecule has 0 radical (unpaired) electrons. The Labute approximate surface area is 273 Å². The Hall–Kier alpha value is -5.99. The van der Waals surface area contributed by atoms with Gasteiger partial charge in [0.1, 0.15) is 0 Å². The van der Waals surface area contributed by atoms with Crippen LogP contribution < -0.4 is 4.90 Å². The molecule has 0 spiro atoms. The fourth-order valence-corrected chi connectivity index (χ4v) is 8.11. The van der Waals surface area contributed by atoms with Gasteiger partial charge in [-0.2, -0.15) is 0 Å². The number of hydrogen-bond donors (Lipinski definition) is 0. The van der Waals surface area contributed by atoms with Crippen LogP contribution in [-0.2, 0) is 0 Å². The number of anilines is 2. The summed E-state index contributed by atoms with van der Waals surface area (Å²) in [6.07, 6.45) is 12.8. The normalized spacial score (nSPS) is 16.7. The lowest BCUT2D eigenvalue weighted by Crippen LogP contribution is -2.28. The van der Waals surface area contributed by atoms with E-state index in [9.17, 15) is 0 Å². The Morgan fingerprint density at radius 2 is 1.15 bits per heavy atom. The molecule has 1 aliphatic carbocycles. The highest BCUT2D eigenvalue weighted by molar-refractivity contribution is 6.27. The van der Waals surface area contributed by atoms with Gasteiger partial charge >= 0.3 is 0 Å². The van der Waals surface area contributed by atoms with Gasteiger partial charge in [-0.15, -0.1) is 0 Å². The van der Waals surface area contributed by atoms with Crippen molar-refractivity contribution >= 4 is 43.7 Å². The van der Waals surface area contributed by atoms with E-state index in [4.69, 9.17) is 0 Å². The molecule has 0 bridgehead atoms. The van der Waals surface area contributed by atoms with Gasteiger partial charge in [0.15, 0.2) is 0 Å². The van der Waals surface area contributed by atoms with E-state index >= 15 is 0 Å². The van der Waals surface area contributed by atoms with E-state index in [1.165, 1.54) is 82.6 Å². The number of aromatic nitrogens is 1. The molecule has 7 aromatic carbocycles. The minimum absolute atomic E-state index is 0.303. The van der Waals surface area contributed by atoms with Gasteiger partial charge in [0.05, 0.1) is 6.04 Å². The molecule has 220 valence electrons. The minimum atomic E-state index is 0.303. The SMILES string of the molecule is C1=CC2c3ccccc3N(c3ccc(-c4ccc5ccc6c(-c7cccc(-c8ccncc8)c7)ccc7ccc4c5c76)cc3)C2C=C1. The van der Waals surface area contributed by atoms with Gasteiger partial charge in [0, 0.05) is 29.7 Å². The van der Waals surface area contributed by atoms with Crippen LogP contribution in [0.1, 0.15) is 11.5 Å². The van der Waals surface area contributed by atoms with Crippen LogP contribution in [0.25, 0.3) is 65.7 Å². The topological polar surface area (TPSA) is 16.1 Å². The molecule has 2 nitrogen and oxygen atoms in total. The predicted octanol–water partition coefficient (Wildman–Crippen LogP) is 11.7. The van der Waals surface area contributed by atoms with Crippen molar-refractivity contribution in [1.29, 1.82) is 0 Å². The Kier molecular flexibility index (Phi) is 5.73. The Morgan fingerprint density at radius 3 is 1.91 bits per heavy atom. The molecule has 2 unspecified atom stereocenters. The van der Waals surface area contributed by atoms with Crippen LogP contribution in [0.5, 0.6) is 0 Å². The van der Waals surface area contributed by atoms with E-state index < -0.39 is 0 Å². The first-order chi connectivity index (χ1) is 23.3. The van der Waals surface area contributed by atoms with Crippen molar-refractivity contribution in [3.8, 4) is 33.4 Å². The fourth-order valence-electron chi connectivity index (χ4n) is 8.11. The summed E-state index contributed by atoms with van der Waals surface area (Å²) in [6, 6.07) is 49.7. The number of nitrogens with zero attached hydrogens (tertiary/aromatic N) is 2. The first kappa shape index (κ1) is 26.2.